The first-order chi connectivity index (χ1) is 11.8. The van der Waals surface area contributed by atoms with E-state index in [-0.39, 0.29) is 5.91 Å². The predicted octanol–water partition coefficient (Wildman–Crippen LogP) is 2.47. The highest BCUT2D eigenvalue weighted by molar-refractivity contribution is 7.92. The van der Waals surface area contributed by atoms with Crippen LogP contribution < -0.4 is 14.4 Å². The zero-order valence-electron chi connectivity index (χ0n) is 15.0. The van der Waals surface area contributed by atoms with Crippen molar-refractivity contribution in [2.75, 3.05) is 24.2 Å². The van der Waals surface area contributed by atoms with Crippen molar-refractivity contribution in [1.29, 1.82) is 0 Å². The Morgan fingerprint density at radius 1 is 1.28 bits per heavy atom. The average Bonchev–Trinajstić information content (AvgIpc) is 2.60. The van der Waals surface area contributed by atoms with Crippen LogP contribution in [0.15, 0.2) is 35.9 Å². The number of carbonyl (C=O) groups is 1. The summed E-state index contributed by atoms with van der Waals surface area (Å²) in [5.74, 6) is 0.311. The van der Waals surface area contributed by atoms with E-state index in [2.05, 4.69) is 11.4 Å². The van der Waals surface area contributed by atoms with Crippen molar-refractivity contribution in [2.24, 2.45) is 0 Å². The first-order valence-corrected chi connectivity index (χ1v) is 10.3. The van der Waals surface area contributed by atoms with Gasteiger partial charge in [-0.15, -0.1) is 0 Å². The number of allylic oxidation sites excluding steroid dienone is 1. The molecule has 0 saturated carbocycles. The summed E-state index contributed by atoms with van der Waals surface area (Å²) in [4.78, 5) is 12.5. The summed E-state index contributed by atoms with van der Waals surface area (Å²) in [6, 6.07) is 5.77. The molecule has 1 N–H and O–H groups in total. The quantitative estimate of drug-likeness (QED) is 0.752. The number of benzene rings is 1. The topological polar surface area (TPSA) is 75.7 Å². The van der Waals surface area contributed by atoms with Crippen LogP contribution in [-0.2, 0) is 14.8 Å². The summed E-state index contributed by atoms with van der Waals surface area (Å²) in [5, 5.41) is 2.86. The summed E-state index contributed by atoms with van der Waals surface area (Å²) in [5.41, 5.74) is 1.64. The van der Waals surface area contributed by atoms with Gasteiger partial charge in [0.15, 0.2) is 0 Å². The van der Waals surface area contributed by atoms with E-state index in [1.165, 1.54) is 12.0 Å². The number of methoxy groups -OCH3 is 1. The molecule has 1 unspecified atom stereocenters. The number of hydrogen-bond donors (Lipinski definition) is 1. The van der Waals surface area contributed by atoms with Gasteiger partial charge in [-0.2, -0.15) is 0 Å². The number of carbonyl (C=O) groups excluding carboxylic acids is 1. The second-order valence-corrected chi connectivity index (χ2v) is 8.12. The number of nitrogens with one attached hydrogen (secondary N) is 1. The van der Waals surface area contributed by atoms with E-state index in [0.29, 0.717) is 18.0 Å². The maximum atomic E-state index is 12.5. The molecular formula is C18H26N2O4S. The molecule has 0 aliphatic heterocycles. The van der Waals surface area contributed by atoms with Crippen LogP contribution in [0.2, 0.25) is 0 Å². The van der Waals surface area contributed by atoms with Gasteiger partial charge in [-0.1, -0.05) is 11.6 Å². The lowest BCUT2D eigenvalue weighted by Gasteiger charge is -2.28. The van der Waals surface area contributed by atoms with Gasteiger partial charge in [-0.25, -0.2) is 8.42 Å². The Balaban J connectivity index is 2.13. The monoisotopic (exact) mass is 366 g/mol. The van der Waals surface area contributed by atoms with Crippen molar-refractivity contribution in [3.05, 3.63) is 35.9 Å². The summed E-state index contributed by atoms with van der Waals surface area (Å²) in [6.45, 7) is 2.07. The van der Waals surface area contributed by atoms with Crippen molar-refractivity contribution < 1.29 is 17.9 Å². The van der Waals surface area contributed by atoms with Crippen LogP contribution in [-0.4, -0.2) is 40.3 Å². The Labute approximate surface area is 149 Å². The highest BCUT2D eigenvalue weighted by Crippen LogP contribution is 2.24. The Hall–Kier alpha value is -2.02. The lowest BCUT2D eigenvalue weighted by molar-refractivity contribution is -0.121. The third-order valence-electron chi connectivity index (χ3n) is 4.29. The van der Waals surface area contributed by atoms with Gasteiger partial charge in [0.2, 0.25) is 15.9 Å². The summed E-state index contributed by atoms with van der Waals surface area (Å²) >= 11 is 0. The van der Waals surface area contributed by atoms with Crippen molar-refractivity contribution in [3.8, 4) is 5.75 Å². The van der Waals surface area contributed by atoms with Gasteiger partial charge in [0, 0.05) is 6.54 Å². The van der Waals surface area contributed by atoms with E-state index in [1.807, 2.05) is 0 Å². The number of nitrogens with zero attached hydrogens (tertiary/aromatic N) is 1. The molecule has 1 aliphatic carbocycles. The minimum Gasteiger partial charge on any atom is -0.497 e. The normalized spacial score (nSPS) is 15.9. The number of amides is 1. The van der Waals surface area contributed by atoms with Crippen LogP contribution in [0.5, 0.6) is 5.75 Å². The summed E-state index contributed by atoms with van der Waals surface area (Å²) in [6.07, 6.45) is 7.62. The SMILES string of the molecule is COc1ccc(N(C(C)C(=O)NCC2=CCCCC2)S(C)(=O)=O)cc1. The van der Waals surface area contributed by atoms with Gasteiger partial charge in [0.1, 0.15) is 11.8 Å². The molecule has 0 spiro atoms. The molecule has 1 aliphatic rings. The van der Waals surface area contributed by atoms with Crippen LogP contribution in [0.25, 0.3) is 0 Å². The molecule has 138 valence electrons. The van der Waals surface area contributed by atoms with Crippen LogP contribution in [0.3, 0.4) is 0 Å². The Morgan fingerprint density at radius 3 is 2.48 bits per heavy atom. The molecular weight excluding hydrogens is 340 g/mol. The molecule has 0 radical (unpaired) electrons. The second-order valence-electron chi connectivity index (χ2n) is 6.26. The number of sulfonamides is 1. The Kier molecular flexibility index (Phi) is 6.47. The third kappa shape index (κ3) is 5.22. The zero-order valence-corrected chi connectivity index (χ0v) is 15.8. The maximum absolute atomic E-state index is 12.5. The molecule has 0 saturated heterocycles. The maximum Gasteiger partial charge on any atom is 0.243 e. The molecule has 25 heavy (non-hydrogen) atoms. The van der Waals surface area contributed by atoms with Crippen LogP contribution in [0.4, 0.5) is 5.69 Å². The van der Waals surface area contributed by atoms with Gasteiger partial charge in [0.25, 0.3) is 0 Å². The molecule has 1 aromatic carbocycles. The smallest absolute Gasteiger partial charge is 0.243 e. The van der Waals surface area contributed by atoms with Gasteiger partial charge in [-0.05, 0) is 56.9 Å². The highest BCUT2D eigenvalue weighted by atomic mass is 32.2. The van der Waals surface area contributed by atoms with E-state index < -0.39 is 16.1 Å². The number of hydrogen-bond acceptors (Lipinski definition) is 4. The molecule has 6 nitrogen and oxygen atoms in total. The van der Waals surface area contributed by atoms with E-state index >= 15 is 0 Å². The van der Waals surface area contributed by atoms with Gasteiger partial charge in [-0.3, -0.25) is 9.10 Å². The van der Waals surface area contributed by atoms with Crippen molar-refractivity contribution in [2.45, 2.75) is 38.6 Å². The summed E-state index contributed by atoms with van der Waals surface area (Å²) < 4.78 is 30.7. The molecule has 1 atom stereocenters. The summed E-state index contributed by atoms with van der Waals surface area (Å²) in [7, 11) is -2.07. The minimum atomic E-state index is -3.61. The molecule has 0 fully saturated rings. The van der Waals surface area contributed by atoms with E-state index in [4.69, 9.17) is 4.74 Å². The average molecular weight is 366 g/mol. The van der Waals surface area contributed by atoms with Gasteiger partial charge < -0.3 is 10.1 Å². The fourth-order valence-electron chi connectivity index (χ4n) is 2.95. The fourth-order valence-corrected chi connectivity index (χ4v) is 4.13. The van der Waals surface area contributed by atoms with Crippen molar-refractivity contribution in [1.82, 2.24) is 5.32 Å². The lowest BCUT2D eigenvalue weighted by Crippen LogP contribution is -2.48. The highest BCUT2D eigenvalue weighted by Gasteiger charge is 2.29. The molecule has 7 heteroatoms. The second kappa shape index (κ2) is 8.38. The number of rotatable bonds is 7. The van der Waals surface area contributed by atoms with Crippen molar-refractivity contribution in [3.63, 3.8) is 0 Å². The minimum absolute atomic E-state index is 0.312. The van der Waals surface area contributed by atoms with Gasteiger partial charge in [0.05, 0.1) is 19.1 Å². The van der Waals surface area contributed by atoms with Gasteiger partial charge >= 0.3 is 0 Å². The lowest BCUT2D eigenvalue weighted by atomic mass is 10.00. The van der Waals surface area contributed by atoms with E-state index in [9.17, 15) is 13.2 Å². The molecule has 0 heterocycles. The standard InChI is InChI=1S/C18H26N2O4S/c1-14(18(21)19-13-15-7-5-4-6-8-15)20(25(3,22)23)16-9-11-17(24-2)12-10-16/h7,9-12,14H,4-6,8,13H2,1-3H3,(H,19,21). The van der Waals surface area contributed by atoms with Crippen LogP contribution in [0.1, 0.15) is 32.6 Å². The van der Waals surface area contributed by atoms with E-state index in [1.54, 1.807) is 38.3 Å². The zero-order chi connectivity index (χ0) is 18.4. The van der Waals surface area contributed by atoms with Crippen LogP contribution in [0, 0.1) is 0 Å². The van der Waals surface area contributed by atoms with E-state index in [0.717, 1.165) is 29.8 Å². The molecule has 1 aromatic rings. The third-order valence-corrected chi connectivity index (χ3v) is 5.53. The first kappa shape index (κ1) is 19.3. The number of ether oxygens (including phenoxy) is 1. The molecule has 0 aromatic heterocycles. The van der Waals surface area contributed by atoms with Crippen molar-refractivity contribution >= 4 is 21.6 Å². The Bertz CT molecular complexity index is 726. The molecule has 1 amide bonds. The first-order valence-electron chi connectivity index (χ1n) is 8.42. The number of anilines is 1. The van der Waals surface area contributed by atoms with Crippen LogP contribution >= 0.6 is 0 Å². The molecule has 0 bridgehead atoms. The molecule has 2 rings (SSSR count). The Morgan fingerprint density at radius 2 is 1.96 bits per heavy atom. The predicted molar refractivity (Wildman–Crippen MR) is 99.3 cm³/mol. The fraction of sp³-hybridized carbons (Fsp3) is 0.500. The largest absolute Gasteiger partial charge is 0.497 e.